The number of allylic oxidation sites excluding steroid dienone is 1. The maximum absolute atomic E-state index is 12.2. The minimum absolute atomic E-state index is 0.189. The molecule has 2 aromatic carbocycles. The third-order valence-corrected chi connectivity index (χ3v) is 3.45. The van der Waals surface area contributed by atoms with Crippen LogP contribution in [0.25, 0.3) is 6.08 Å². The first-order chi connectivity index (χ1) is 11.3. The van der Waals surface area contributed by atoms with Crippen LogP contribution in [-0.4, -0.2) is 41.2 Å². The standard InChI is InChI=1S/C18H17NO5/c1-19(2)12-6-3-11(4-7-12)5-8-15(20)13-9-14(18(23)24)17(22)10-16(13)21/h3-10,21-22H,1-2H3,(H,23,24)/b8-5-. The molecule has 0 aliphatic carbocycles. The van der Waals surface area contributed by atoms with Crippen LogP contribution in [-0.2, 0) is 0 Å². The Balaban J connectivity index is 2.26. The summed E-state index contributed by atoms with van der Waals surface area (Å²) in [7, 11) is 3.84. The molecule has 124 valence electrons. The molecule has 6 nitrogen and oxygen atoms in total. The lowest BCUT2D eigenvalue weighted by Gasteiger charge is -2.11. The van der Waals surface area contributed by atoms with Gasteiger partial charge >= 0.3 is 5.97 Å². The first-order valence-electron chi connectivity index (χ1n) is 7.08. The number of hydrogen-bond donors (Lipinski definition) is 3. The Kier molecular flexibility index (Phi) is 4.89. The van der Waals surface area contributed by atoms with E-state index in [1.54, 1.807) is 6.08 Å². The van der Waals surface area contributed by atoms with Gasteiger partial charge in [-0.05, 0) is 29.8 Å². The van der Waals surface area contributed by atoms with Crippen molar-refractivity contribution < 1.29 is 24.9 Å². The Morgan fingerprint density at radius 2 is 1.54 bits per heavy atom. The molecule has 0 saturated heterocycles. The molecule has 2 rings (SSSR count). The van der Waals surface area contributed by atoms with Gasteiger partial charge in [0.2, 0.25) is 0 Å². The molecule has 0 fully saturated rings. The molecule has 24 heavy (non-hydrogen) atoms. The molecule has 0 aliphatic rings. The smallest absolute Gasteiger partial charge is 0.339 e. The van der Waals surface area contributed by atoms with E-state index in [1.807, 2.05) is 43.3 Å². The fourth-order valence-corrected chi connectivity index (χ4v) is 2.09. The Bertz CT molecular complexity index is 807. The van der Waals surface area contributed by atoms with E-state index in [0.717, 1.165) is 23.4 Å². The SMILES string of the molecule is CN(C)c1ccc(/C=C\C(=O)c2cc(C(=O)O)c(O)cc2O)cc1. The van der Waals surface area contributed by atoms with Gasteiger partial charge in [-0.2, -0.15) is 0 Å². The average molecular weight is 327 g/mol. The molecule has 0 aliphatic heterocycles. The van der Waals surface area contributed by atoms with Crippen LogP contribution in [0.2, 0.25) is 0 Å². The summed E-state index contributed by atoms with van der Waals surface area (Å²) in [5.74, 6) is -3.02. The Morgan fingerprint density at radius 1 is 0.958 bits per heavy atom. The number of hydrogen-bond acceptors (Lipinski definition) is 5. The van der Waals surface area contributed by atoms with Gasteiger partial charge in [0.25, 0.3) is 0 Å². The lowest BCUT2D eigenvalue weighted by molar-refractivity contribution is 0.0693. The molecule has 0 atom stereocenters. The molecule has 0 unspecified atom stereocenters. The zero-order chi connectivity index (χ0) is 17.9. The average Bonchev–Trinajstić information content (AvgIpc) is 2.52. The molecule has 0 bridgehead atoms. The van der Waals surface area contributed by atoms with Gasteiger partial charge in [0.1, 0.15) is 17.1 Å². The van der Waals surface area contributed by atoms with Crippen LogP contribution in [0.5, 0.6) is 11.5 Å². The number of aromatic carboxylic acids is 1. The molecule has 0 radical (unpaired) electrons. The Morgan fingerprint density at radius 3 is 2.08 bits per heavy atom. The lowest BCUT2D eigenvalue weighted by Crippen LogP contribution is -2.07. The van der Waals surface area contributed by atoms with Crippen molar-refractivity contribution in [3.8, 4) is 11.5 Å². The van der Waals surface area contributed by atoms with E-state index in [2.05, 4.69) is 0 Å². The highest BCUT2D eigenvalue weighted by atomic mass is 16.4. The first-order valence-corrected chi connectivity index (χ1v) is 7.08. The van der Waals surface area contributed by atoms with Gasteiger partial charge in [-0.25, -0.2) is 4.79 Å². The largest absolute Gasteiger partial charge is 0.507 e. The molecule has 2 aromatic rings. The predicted molar refractivity (Wildman–Crippen MR) is 90.9 cm³/mol. The van der Waals surface area contributed by atoms with Crippen molar-refractivity contribution in [2.75, 3.05) is 19.0 Å². The van der Waals surface area contributed by atoms with E-state index in [4.69, 9.17) is 5.11 Å². The van der Waals surface area contributed by atoms with Crippen LogP contribution < -0.4 is 4.90 Å². The van der Waals surface area contributed by atoms with Gasteiger partial charge in [-0.3, -0.25) is 4.79 Å². The van der Waals surface area contributed by atoms with E-state index in [9.17, 15) is 19.8 Å². The molecule has 0 aromatic heterocycles. The maximum atomic E-state index is 12.2. The molecule has 0 spiro atoms. The highest BCUT2D eigenvalue weighted by Crippen LogP contribution is 2.28. The van der Waals surface area contributed by atoms with Crippen molar-refractivity contribution in [1.29, 1.82) is 0 Å². The molecular weight excluding hydrogens is 310 g/mol. The van der Waals surface area contributed by atoms with E-state index >= 15 is 0 Å². The van der Waals surface area contributed by atoms with Crippen LogP contribution in [0.4, 0.5) is 5.69 Å². The second-order valence-electron chi connectivity index (χ2n) is 5.38. The number of ketones is 1. The minimum Gasteiger partial charge on any atom is -0.507 e. The number of carbonyl (C=O) groups excluding carboxylic acids is 1. The van der Waals surface area contributed by atoms with Gasteiger partial charge < -0.3 is 20.2 Å². The van der Waals surface area contributed by atoms with Crippen LogP contribution in [0.15, 0.2) is 42.5 Å². The zero-order valence-electron chi connectivity index (χ0n) is 13.2. The first kappa shape index (κ1) is 17.1. The topological polar surface area (TPSA) is 98.1 Å². The summed E-state index contributed by atoms with van der Waals surface area (Å²) in [6.45, 7) is 0. The van der Waals surface area contributed by atoms with Crippen LogP contribution in [0.1, 0.15) is 26.3 Å². The van der Waals surface area contributed by atoms with E-state index in [1.165, 1.54) is 6.08 Å². The normalized spacial score (nSPS) is 10.8. The fraction of sp³-hybridized carbons (Fsp3) is 0.111. The second-order valence-corrected chi connectivity index (χ2v) is 5.38. The Hall–Kier alpha value is -3.28. The molecular formula is C18H17NO5. The zero-order valence-corrected chi connectivity index (χ0v) is 13.2. The van der Waals surface area contributed by atoms with Crippen molar-refractivity contribution in [1.82, 2.24) is 0 Å². The predicted octanol–water partition coefficient (Wildman–Crippen LogP) is 2.76. The van der Waals surface area contributed by atoms with Gasteiger partial charge in [0, 0.05) is 25.8 Å². The number of phenols is 2. The number of carboxylic acid groups (broad SMARTS) is 1. The lowest BCUT2D eigenvalue weighted by atomic mass is 10.0. The monoisotopic (exact) mass is 327 g/mol. The Labute approximate surface area is 138 Å². The minimum atomic E-state index is -1.38. The molecule has 0 amide bonds. The summed E-state index contributed by atoms with van der Waals surface area (Å²) in [5, 5.41) is 28.2. The highest BCUT2D eigenvalue weighted by molar-refractivity contribution is 6.10. The fourth-order valence-electron chi connectivity index (χ4n) is 2.09. The van der Waals surface area contributed by atoms with Crippen molar-refractivity contribution in [3.63, 3.8) is 0 Å². The maximum Gasteiger partial charge on any atom is 0.339 e. The quantitative estimate of drug-likeness (QED) is 0.577. The highest BCUT2D eigenvalue weighted by Gasteiger charge is 2.17. The van der Waals surface area contributed by atoms with E-state index in [0.29, 0.717) is 0 Å². The summed E-state index contributed by atoms with van der Waals surface area (Å²) >= 11 is 0. The van der Waals surface area contributed by atoms with Gasteiger partial charge in [0.15, 0.2) is 5.78 Å². The van der Waals surface area contributed by atoms with Crippen LogP contribution >= 0.6 is 0 Å². The summed E-state index contributed by atoms with van der Waals surface area (Å²) in [6, 6.07) is 9.25. The summed E-state index contributed by atoms with van der Waals surface area (Å²) in [6.07, 6.45) is 2.80. The third-order valence-electron chi connectivity index (χ3n) is 3.45. The van der Waals surface area contributed by atoms with Crippen molar-refractivity contribution in [3.05, 3.63) is 59.2 Å². The molecule has 3 N–H and O–H groups in total. The van der Waals surface area contributed by atoms with Gasteiger partial charge in [0.05, 0.1) is 5.56 Å². The number of rotatable bonds is 5. The van der Waals surface area contributed by atoms with Crippen LogP contribution in [0, 0.1) is 0 Å². The summed E-state index contributed by atoms with van der Waals surface area (Å²) in [4.78, 5) is 25.1. The summed E-state index contributed by atoms with van der Waals surface area (Å²) < 4.78 is 0. The number of nitrogens with zero attached hydrogens (tertiary/aromatic N) is 1. The molecule has 6 heteroatoms. The van der Waals surface area contributed by atoms with Gasteiger partial charge in [-0.1, -0.05) is 18.2 Å². The van der Waals surface area contributed by atoms with Crippen molar-refractivity contribution >= 4 is 23.5 Å². The number of phenolic OH excluding ortho intramolecular Hbond substituents is 1. The second kappa shape index (κ2) is 6.87. The summed E-state index contributed by atoms with van der Waals surface area (Å²) in [5.41, 5.74) is 1.16. The van der Waals surface area contributed by atoms with E-state index in [-0.39, 0.29) is 5.56 Å². The number of carbonyl (C=O) groups is 2. The van der Waals surface area contributed by atoms with Crippen molar-refractivity contribution in [2.24, 2.45) is 0 Å². The molecule has 0 saturated carbocycles. The molecule has 0 heterocycles. The number of aromatic hydroxyl groups is 2. The van der Waals surface area contributed by atoms with Gasteiger partial charge in [-0.15, -0.1) is 0 Å². The third kappa shape index (κ3) is 3.73. The number of anilines is 1. The van der Waals surface area contributed by atoms with Crippen LogP contribution in [0.3, 0.4) is 0 Å². The van der Waals surface area contributed by atoms with Crippen molar-refractivity contribution in [2.45, 2.75) is 0 Å². The van der Waals surface area contributed by atoms with E-state index < -0.39 is 28.8 Å². The number of benzene rings is 2. The number of carboxylic acids is 1.